The zero-order valence-corrected chi connectivity index (χ0v) is 14.8. The van der Waals surface area contributed by atoms with Crippen LogP contribution in [0.2, 0.25) is 5.02 Å². The first-order chi connectivity index (χ1) is 11.5. The van der Waals surface area contributed by atoms with Crippen molar-refractivity contribution in [2.24, 2.45) is 0 Å². The maximum absolute atomic E-state index is 14.4. The van der Waals surface area contributed by atoms with E-state index in [-0.39, 0.29) is 11.9 Å². The number of anilines is 1. The molecule has 1 heterocycles. The summed E-state index contributed by atoms with van der Waals surface area (Å²) in [5.74, 6) is 0.978. The highest BCUT2D eigenvalue weighted by Gasteiger charge is 2.29. The summed E-state index contributed by atoms with van der Waals surface area (Å²) in [5.41, 5.74) is 3.36. The fourth-order valence-electron chi connectivity index (χ4n) is 3.23. The normalized spacial score (nSPS) is 16.5. The Morgan fingerprint density at radius 1 is 1.12 bits per heavy atom. The molecule has 3 rings (SSSR count). The van der Waals surface area contributed by atoms with Gasteiger partial charge in [0, 0.05) is 5.70 Å². The Kier molecular flexibility index (Phi) is 4.41. The van der Waals surface area contributed by atoms with E-state index >= 15 is 0 Å². The third-order valence-corrected chi connectivity index (χ3v) is 4.65. The zero-order chi connectivity index (χ0) is 17.4. The summed E-state index contributed by atoms with van der Waals surface area (Å²) in [6.45, 7) is 3.96. The minimum atomic E-state index is -0.342. The van der Waals surface area contributed by atoms with E-state index in [2.05, 4.69) is 0 Å². The molecule has 0 amide bonds. The highest BCUT2D eigenvalue weighted by molar-refractivity contribution is 6.33. The lowest BCUT2D eigenvalue weighted by molar-refractivity contribution is 0.354. The number of para-hydroxylation sites is 1. The van der Waals surface area contributed by atoms with Crippen LogP contribution in [-0.2, 0) is 0 Å². The summed E-state index contributed by atoms with van der Waals surface area (Å²) >= 11 is 6.27. The van der Waals surface area contributed by atoms with Gasteiger partial charge in [0.1, 0.15) is 5.82 Å². The second-order valence-electron chi connectivity index (χ2n) is 5.74. The van der Waals surface area contributed by atoms with Gasteiger partial charge in [-0.1, -0.05) is 17.7 Å². The minimum absolute atomic E-state index is 0.0980. The SMILES string of the molecule is COc1cc2c(cc1OC)C(C)N(c1c(F)cccc1Cl)C(C)=C2. The first-order valence-corrected chi connectivity index (χ1v) is 8.03. The van der Waals surface area contributed by atoms with Crippen LogP contribution in [0.1, 0.15) is 31.0 Å². The van der Waals surface area contributed by atoms with Gasteiger partial charge in [-0.2, -0.15) is 0 Å². The smallest absolute Gasteiger partial charge is 0.161 e. The summed E-state index contributed by atoms with van der Waals surface area (Å²) in [4.78, 5) is 1.91. The number of ether oxygens (including phenoxy) is 2. The molecule has 0 aliphatic carbocycles. The number of nitrogens with zero attached hydrogens (tertiary/aromatic N) is 1. The predicted octanol–water partition coefficient (Wildman–Crippen LogP) is 5.44. The summed E-state index contributed by atoms with van der Waals surface area (Å²) in [6.07, 6.45) is 2.00. The number of allylic oxidation sites excluding steroid dienone is 1. The van der Waals surface area contributed by atoms with Gasteiger partial charge in [0.05, 0.1) is 31.0 Å². The summed E-state index contributed by atoms with van der Waals surface area (Å²) in [7, 11) is 3.21. The summed E-state index contributed by atoms with van der Waals surface area (Å²) in [6, 6.07) is 8.50. The summed E-state index contributed by atoms with van der Waals surface area (Å²) < 4.78 is 25.2. The lowest BCUT2D eigenvalue weighted by atomic mass is 9.93. The quantitative estimate of drug-likeness (QED) is 0.738. The van der Waals surface area contributed by atoms with Crippen molar-refractivity contribution in [2.45, 2.75) is 19.9 Å². The molecule has 24 heavy (non-hydrogen) atoms. The van der Waals surface area contributed by atoms with E-state index in [0.29, 0.717) is 22.2 Å². The van der Waals surface area contributed by atoms with Crippen molar-refractivity contribution in [3.05, 3.63) is 58.0 Å². The summed E-state index contributed by atoms with van der Waals surface area (Å²) in [5, 5.41) is 0.388. The van der Waals surface area contributed by atoms with Gasteiger partial charge in [0.25, 0.3) is 0 Å². The highest BCUT2D eigenvalue weighted by atomic mass is 35.5. The predicted molar refractivity (Wildman–Crippen MR) is 95.5 cm³/mol. The van der Waals surface area contributed by atoms with Crippen molar-refractivity contribution < 1.29 is 13.9 Å². The van der Waals surface area contributed by atoms with Gasteiger partial charge in [-0.15, -0.1) is 0 Å². The second-order valence-corrected chi connectivity index (χ2v) is 6.15. The Balaban J connectivity index is 2.17. The van der Waals surface area contributed by atoms with Crippen molar-refractivity contribution in [3.63, 3.8) is 0 Å². The van der Waals surface area contributed by atoms with Crippen LogP contribution in [0.5, 0.6) is 11.5 Å². The Morgan fingerprint density at radius 2 is 1.79 bits per heavy atom. The molecule has 1 aliphatic rings. The number of hydrogen-bond acceptors (Lipinski definition) is 3. The van der Waals surface area contributed by atoms with Crippen molar-refractivity contribution in [3.8, 4) is 11.5 Å². The van der Waals surface area contributed by atoms with Gasteiger partial charge in [0.2, 0.25) is 0 Å². The van der Waals surface area contributed by atoms with Crippen molar-refractivity contribution >= 4 is 23.4 Å². The van der Waals surface area contributed by atoms with Crippen LogP contribution < -0.4 is 14.4 Å². The third-order valence-electron chi connectivity index (χ3n) is 4.35. The Hall–Kier alpha value is -2.20. The molecular formula is C19H19ClFNO2. The van der Waals surface area contributed by atoms with E-state index in [4.69, 9.17) is 21.1 Å². The minimum Gasteiger partial charge on any atom is -0.493 e. The third kappa shape index (κ3) is 2.61. The maximum Gasteiger partial charge on any atom is 0.161 e. The molecule has 126 valence electrons. The molecule has 1 aliphatic heterocycles. The molecule has 0 radical (unpaired) electrons. The lowest BCUT2D eigenvalue weighted by Gasteiger charge is -2.37. The van der Waals surface area contributed by atoms with Crippen molar-refractivity contribution in [1.29, 1.82) is 0 Å². The van der Waals surface area contributed by atoms with E-state index in [1.54, 1.807) is 26.4 Å². The first kappa shape index (κ1) is 16.7. The molecule has 1 unspecified atom stereocenters. The van der Waals surface area contributed by atoms with Gasteiger partial charge in [-0.3, -0.25) is 0 Å². The van der Waals surface area contributed by atoms with Crippen LogP contribution in [0.3, 0.4) is 0 Å². The van der Waals surface area contributed by atoms with E-state index in [0.717, 1.165) is 16.8 Å². The van der Waals surface area contributed by atoms with Crippen LogP contribution >= 0.6 is 11.6 Å². The molecule has 0 bridgehead atoms. The first-order valence-electron chi connectivity index (χ1n) is 7.65. The average molecular weight is 348 g/mol. The Labute approximate surface area is 146 Å². The van der Waals surface area contributed by atoms with E-state index in [9.17, 15) is 4.39 Å². The molecule has 5 heteroatoms. The molecule has 0 aromatic heterocycles. The number of fused-ring (bicyclic) bond motifs is 1. The standard InChI is InChI=1S/C19H19ClFNO2/c1-11-8-13-9-17(23-3)18(24-4)10-14(13)12(2)22(11)19-15(20)6-5-7-16(19)21/h5-10,12H,1-4H3. The van der Waals surface area contributed by atoms with Gasteiger partial charge in [-0.05, 0) is 55.3 Å². The molecule has 0 fully saturated rings. The maximum atomic E-state index is 14.4. The highest BCUT2D eigenvalue weighted by Crippen LogP contribution is 2.44. The molecule has 0 saturated heterocycles. The second kappa shape index (κ2) is 6.36. The Morgan fingerprint density at radius 3 is 2.42 bits per heavy atom. The number of halogens is 2. The fourth-order valence-corrected chi connectivity index (χ4v) is 3.48. The van der Waals surface area contributed by atoms with Crippen molar-refractivity contribution in [1.82, 2.24) is 0 Å². The number of hydrogen-bond donors (Lipinski definition) is 0. The fraction of sp³-hybridized carbons (Fsp3) is 0.263. The average Bonchev–Trinajstić information content (AvgIpc) is 2.56. The molecule has 2 aromatic rings. The molecule has 2 aromatic carbocycles. The van der Waals surface area contributed by atoms with Crippen LogP contribution in [0.25, 0.3) is 6.08 Å². The number of benzene rings is 2. The Bertz CT molecular complexity index is 799. The van der Waals surface area contributed by atoms with Crippen LogP contribution in [0.4, 0.5) is 10.1 Å². The van der Waals surface area contributed by atoms with Crippen LogP contribution in [0.15, 0.2) is 36.0 Å². The molecule has 0 saturated carbocycles. The van der Waals surface area contributed by atoms with Crippen LogP contribution in [-0.4, -0.2) is 14.2 Å². The van der Waals surface area contributed by atoms with E-state index < -0.39 is 0 Å². The van der Waals surface area contributed by atoms with Gasteiger partial charge in [-0.25, -0.2) is 4.39 Å². The van der Waals surface area contributed by atoms with Crippen LogP contribution in [0, 0.1) is 5.82 Å². The zero-order valence-electron chi connectivity index (χ0n) is 14.1. The number of rotatable bonds is 3. The van der Waals surface area contributed by atoms with E-state index in [1.165, 1.54) is 6.07 Å². The lowest BCUT2D eigenvalue weighted by Crippen LogP contribution is -2.29. The molecule has 0 N–H and O–H groups in total. The van der Waals surface area contributed by atoms with E-state index in [1.807, 2.05) is 37.0 Å². The molecule has 3 nitrogen and oxygen atoms in total. The van der Waals surface area contributed by atoms with Gasteiger partial charge in [0.15, 0.2) is 11.5 Å². The van der Waals surface area contributed by atoms with Gasteiger partial charge >= 0.3 is 0 Å². The largest absolute Gasteiger partial charge is 0.493 e. The molecular weight excluding hydrogens is 329 g/mol. The van der Waals surface area contributed by atoms with Gasteiger partial charge < -0.3 is 14.4 Å². The monoisotopic (exact) mass is 347 g/mol. The van der Waals surface area contributed by atoms with Crippen molar-refractivity contribution in [2.75, 3.05) is 19.1 Å². The molecule has 0 spiro atoms. The number of methoxy groups -OCH3 is 2. The molecule has 1 atom stereocenters. The topological polar surface area (TPSA) is 21.7 Å².